The number of carbonyl (C=O) groups is 2. The molecule has 0 aromatic rings. The van der Waals surface area contributed by atoms with E-state index in [4.69, 9.17) is 0 Å². The van der Waals surface area contributed by atoms with Crippen LogP contribution in [0.3, 0.4) is 0 Å². The van der Waals surface area contributed by atoms with Gasteiger partial charge in [0.05, 0.1) is 19.3 Å². The number of esters is 1. The molecule has 0 aliphatic heterocycles. The summed E-state index contributed by atoms with van der Waals surface area (Å²) < 4.78 is 4.68. The Morgan fingerprint density at radius 1 is 1.24 bits per heavy atom. The van der Waals surface area contributed by atoms with Crippen LogP contribution in [0.4, 0.5) is 0 Å². The Bertz CT molecular complexity index is 409. The van der Waals surface area contributed by atoms with Gasteiger partial charge in [-0.05, 0) is 43.9 Å². The lowest BCUT2D eigenvalue weighted by Crippen LogP contribution is -2.23. The lowest BCUT2D eigenvalue weighted by atomic mass is 9.83. The Hall–Kier alpha value is -0.940. The van der Waals surface area contributed by atoms with Crippen molar-refractivity contribution >= 4 is 11.8 Å². The smallest absolute Gasteiger partial charge is 0.305 e. The van der Waals surface area contributed by atoms with E-state index in [9.17, 15) is 19.8 Å². The summed E-state index contributed by atoms with van der Waals surface area (Å²) in [5, 5.41) is 20.3. The molecule has 146 valence electrons. The van der Waals surface area contributed by atoms with Crippen molar-refractivity contribution in [2.75, 3.05) is 7.11 Å². The van der Waals surface area contributed by atoms with Gasteiger partial charge in [-0.25, -0.2) is 0 Å². The van der Waals surface area contributed by atoms with Gasteiger partial charge >= 0.3 is 5.97 Å². The van der Waals surface area contributed by atoms with Crippen molar-refractivity contribution in [1.29, 1.82) is 0 Å². The standard InChI is InChI=1S/C20H36O5/c1-4-5-6-7-15(21)9-11-17-16(18(22)13-19(17)23)10-8-14(2)12-20(24)25-3/h14-17,19,21,23H,4-13H2,1-3H3/t14?,15?,16-,17+,19+/m0/s1. The number of ether oxygens (including phenoxy) is 1. The number of carbonyl (C=O) groups excluding carboxylic acids is 2. The summed E-state index contributed by atoms with van der Waals surface area (Å²) in [6.45, 7) is 4.12. The summed E-state index contributed by atoms with van der Waals surface area (Å²) in [6, 6.07) is 0. The predicted octanol–water partition coefficient (Wildman–Crippen LogP) is 3.25. The normalized spacial score (nSPS) is 25.8. The van der Waals surface area contributed by atoms with Crippen LogP contribution < -0.4 is 0 Å². The number of unbranched alkanes of at least 4 members (excludes halogenated alkanes) is 2. The fourth-order valence-corrected chi connectivity index (χ4v) is 3.88. The molecule has 2 unspecified atom stereocenters. The Balaban J connectivity index is 2.44. The minimum absolute atomic E-state index is 0.0568. The van der Waals surface area contributed by atoms with Gasteiger partial charge in [0.1, 0.15) is 5.78 Å². The number of ketones is 1. The molecule has 0 heterocycles. The summed E-state index contributed by atoms with van der Waals surface area (Å²) in [7, 11) is 1.38. The van der Waals surface area contributed by atoms with Crippen molar-refractivity contribution < 1.29 is 24.5 Å². The Morgan fingerprint density at radius 2 is 1.96 bits per heavy atom. The van der Waals surface area contributed by atoms with Gasteiger partial charge in [0.2, 0.25) is 0 Å². The zero-order chi connectivity index (χ0) is 18.8. The van der Waals surface area contributed by atoms with Crippen LogP contribution in [0.15, 0.2) is 0 Å². The molecule has 5 nitrogen and oxygen atoms in total. The van der Waals surface area contributed by atoms with Crippen molar-refractivity contribution in [2.24, 2.45) is 17.8 Å². The van der Waals surface area contributed by atoms with E-state index < -0.39 is 6.10 Å². The third kappa shape index (κ3) is 7.87. The van der Waals surface area contributed by atoms with E-state index in [1.807, 2.05) is 6.92 Å². The van der Waals surface area contributed by atoms with Crippen LogP contribution >= 0.6 is 0 Å². The summed E-state index contributed by atoms with van der Waals surface area (Å²) in [5.41, 5.74) is 0. The highest BCUT2D eigenvalue weighted by Gasteiger charge is 2.40. The molecule has 1 aliphatic carbocycles. The van der Waals surface area contributed by atoms with E-state index in [1.54, 1.807) is 0 Å². The summed E-state index contributed by atoms with van der Waals surface area (Å²) in [4.78, 5) is 23.6. The second-order valence-electron chi connectivity index (χ2n) is 7.70. The van der Waals surface area contributed by atoms with Gasteiger partial charge in [-0.2, -0.15) is 0 Å². The zero-order valence-corrected chi connectivity index (χ0v) is 16.1. The molecule has 1 aliphatic rings. The summed E-state index contributed by atoms with van der Waals surface area (Å²) in [6.07, 6.45) is 6.56. The zero-order valence-electron chi connectivity index (χ0n) is 16.1. The predicted molar refractivity (Wildman–Crippen MR) is 97.0 cm³/mol. The average Bonchev–Trinajstić information content (AvgIpc) is 2.84. The molecule has 0 aromatic heterocycles. The second-order valence-corrected chi connectivity index (χ2v) is 7.70. The van der Waals surface area contributed by atoms with Gasteiger partial charge in [-0.1, -0.05) is 33.1 Å². The van der Waals surface area contributed by atoms with E-state index in [0.29, 0.717) is 25.7 Å². The number of hydrogen-bond acceptors (Lipinski definition) is 5. The topological polar surface area (TPSA) is 83.8 Å². The van der Waals surface area contributed by atoms with E-state index >= 15 is 0 Å². The van der Waals surface area contributed by atoms with Crippen LogP contribution in [0.1, 0.15) is 78.1 Å². The number of rotatable bonds is 12. The van der Waals surface area contributed by atoms with Gasteiger partial charge < -0.3 is 14.9 Å². The van der Waals surface area contributed by atoms with Crippen LogP contribution in [-0.2, 0) is 14.3 Å². The molecule has 5 heteroatoms. The first kappa shape index (κ1) is 22.1. The molecule has 2 N–H and O–H groups in total. The minimum atomic E-state index is -0.587. The van der Waals surface area contributed by atoms with E-state index in [-0.39, 0.29) is 42.0 Å². The SMILES string of the molecule is CCCCCC(O)CC[C@H]1[C@H](O)CC(=O)[C@H]1CCC(C)CC(=O)OC. The molecule has 5 atom stereocenters. The maximum Gasteiger partial charge on any atom is 0.305 e. The van der Waals surface area contributed by atoms with Crippen LogP contribution in [0.5, 0.6) is 0 Å². The quantitative estimate of drug-likeness (QED) is 0.414. The molecule has 1 saturated carbocycles. The number of hydrogen-bond donors (Lipinski definition) is 2. The lowest BCUT2D eigenvalue weighted by molar-refractivity contribution is -0.141. The maximum absolute atomic E-state index is 12.2. The van der Waals surface area contributed by atoms with Crippen molar-refractivity contribution in [3.05, 3.63) is 0 Å². The molecule has 1 rings (SSSR count). The molecule has 1 fully saturated rings. The number of aliphatic hydroxyl groups is 2. The summed E-state index contributed by atoms with van der Waals surface area (Å²) >= 11 is 0. The van der Waals surface area contributed by atoms with Crippen molar-refractivity contribution in [2.45, 2.75) is 90.3 Å². The molecule has 0 bridgehead atoms. The molecule has 0 radical (unpaired) electrons. The third-order valence-corrected chi connectivity index (χ3v) is 5.52. The van der Waals surface area contributed by atoms with Gasteiger partial charge in [0, 0.05) is 18.8 Å². The lowest BCUT2D eigenvalue weighted by Gasteiger charge is -2.23. The van der Waals surface area contributed by atoms with Gasteiger partial charge in [0.15, 0.2) is 0 Å². The first-order valence-corrected chi connectivity index (χ1v) is 9.84. The molecule has 0 saturated heterocycles. The first-order chi connectivity index (χ1) is 11.9. The highest BCUT2D eigenvalue weighted by molar-refractivity contribution is 5.84. The fourth-order valence-electron chi connectivity index (χ4n) is 3.88. The van der Waals surface area contributed by atoms with Crippen LogP contribution in [-0.4, -0.2) is 41.3 Å². The number of Topliss-reactive ketones (excluding diaryl/α,β-unsaturated/α-hetero) is 1. The highest BCUT2D eigenvalue weighted by atomic mass is 16.5. The molecule has 25 heavy (non-hydrogen) atoms. The molecular weight excluding hydrogens is 320 g/mol. The molecule has 0 spiro atoms. The summed E-state index contributed by atoms with van der Waals surface area (Å²) in [5.74, 6) is -0.129. The third-order valence-electron chi connectivity index (χ3n) is 5.52. The van der Waals surface area contributed by atoms with Crippen molar-refractivity contribution in [1.82, 2.24) is 0 Å². The first-order valence-electron chi connectivity index (χ1n) is 9.84. The van der Waals surface area contributed by atoms with Crippen molar-refractivity contribution in [3.63, 3.8) is 0 Å². The molecule has 0 aromatic carbocycles. The molecular formula is C20H36O5. The van der Waals surface area contributed by atoms with Gasteiger partial charge in [-0.3, -0.25) is 9.59 Å². The van der Waals surface area contributed by atoms with Crippen molar-refractivity contribution in [3.8, 4) is 0 Å². The Morgan fingerprint density at radius 3 is 2.60 bits per heavy atom. The fraction of sp³-hybridized carbons (Fsp3) is 0.900. The minimum Gasteiger partial charge on any atom is -0.469 e. The Kier molecular flexibility index (Phi) is 10.3. The number of methoxy groups -OCH3 is 1. The van der Waals surface area contributed by atoms with Gasteiger partial charge in [-0.15, -0.1) is 0 Å². The molecule has 0 amide bonds. The van der Waals surface area contributed by atoms with Crippen LogP contribution in [0.25, 0.3) is 0 Å². The van der Waals surface area contributed by atoms with E-state index in [0.717, 1.165) is 32.1 Å². The highest BCUT2D eigenvalue weighted by Crippen LogP contribution is 2.37. The van der Waals surface area contributed by atoms with E-state index in [2.05, 4.69) is 11.7 Å². The van der Waals surface area contributed by atoms with E-state index in [1.165, 1.54) is 7.11 Å². The van der Waals surface area contributed by atoms with Gasteiger partial charge in [0.25, 0.3) is 0 Å². The average molecular weight is 357 g/mol. The van der Waals surface area contributed by atoms with Crippen LogP contribution in [0.2, 0.25) is 0 Å². The van der Waals surface area contributed by atoms with Crippen LogP contribution in [0, 0.1) is 17.8 Å². The number of aliphatic hydroxyl groups excluding tert-OH is 2. The Labute approximate surface area is 152 Å². The second kappa shape index (κ2) is 11.6. The monoisotopic (exact) mass is 356 g/mol. The largest absolute Gasteiger partial charge is 0.469 e. The maximum atomic E-state index is 12.2.